The highest BCUT2D eigenvalue weighted by atomic mass is 32.1. The number of nitrogens with zero attached hydrogens (tertiary/aromatic N) is 1. The summed E-state index contributed by atoms with van der Waals surface area (Å²) >= 11 is 1.66. The summed E-state index contributed by atoms with van der Waals surface area (Å²) in [6.07, 6.45) is 5.43. The summed E-state index contributed by atoms with van der Waals surface area (Å²) in [5.74, 6) is -0.426. The fourth-order valence-corrected chi connectivity index (χ4v) is 3.57. The third-order valence-electron chi connectivity index (χ3n) is 4.08. The fourth-order valence-electron chi connectivity index (χ4n) is 2.86. The largest absolute Gasteiger partial charge is 0.366 e. The van der Waals surface area contributed by atoms with E-state index in [1.807, 2.05) is 10.3 Å². The summed E-state index contributed by atoms with van der Waals surface area (Å²) in [6.45, 7) is 0.796. The number of nitrogens with two attached hydrogens (primary N) is 1. The van der Waals surface area contributed by atoms with Crippen molar-refractivity contribution in [1.29, 1.82) is 0 Å². The zero-order valence-corrected chi connectivity index (χ0v) is 13.5. The van der Waals surface area contributed by atoms with Gasteiger partial charge in [0.25, 0.3) is 0 Å². The van der Waals surface area contributed by atoms with Crippen LogP contribution in [0.2, 0.25) is 0 Å². The Morgan fingerprint density at radius 1 is 1.22 bits per heavy atom. The number of carbonyl (C=O) groups excluding carboxylic acids is 2. The first-order valence-corrected chi connectivity index (χ1v) is 8.50. The highest BCUT2D eigenvalue weighted by molar-refractivity contribution is 7.08. The molecule has 3 rings (SSSR count). The first-order chi connectivity index (χ1) is 11.1. The van der Waals surface area contributed by atoms with Crippen LogP contribution in [0, 0.1) is 0 Å². The zero-order valence-electron chi connectivity index (χ0n) is 12.6. The van der Waals surface area contributed by atoms with Crippen molar-refractivity contribution in [2.24, 2.45) is 5.73 Å². The number of carbonyl (C=O) groups is 2. The minimum Gasteiger partial charge on any atom is -0.366 e. The molecule has 1 fully saturated rings. The summed E-state index contributed by atoms with van der Waals surface area (Å²) in [6, 6.07) is 9.17. The van der Waals surface area contributed by atoms with Crippen LogP contribution in [0.1, 0.15) is 40.4 Å². The van der Waals surface area contributed by atoms with E-state index in [-0.39, 0.29) is 11.9 Å². The average molecular weight is 326 g/mol. The second-order valence-corrected chi connectivity index (χ2v) is 6.35. The van der Waals surface area contributed by atoms with Gasteiger partial charge in [0.15, 0.2) is 0 Å². The molecule has 1 aliphatic heterocycles. The number of primary amides is 1. The van der Waals surface area contributed by atoms with Crippen LogP contribution in [0.3, 0.4) is 0 Å². The molecule has 23 heavy (non-hydrogen) atoms. The van der Waals surface area contributed by atoms with Gasteiger partial charge >= 0.3 is 0 Å². The number of hydrogen-bond acceptors (Lipinski definition) is 3. The van der Waals surface area contributed by atoms with E-state index in [4.69, 9.17) is 5.73 Å². The summed E-state index contributed by atoms with van der Waals surface area (Å²) in [4.78, 5) is 25.4. The normalized spacial score (nSPS) is 17.7. The molecule has 1 aliphatic rings. The molecule has 0 spiro atoms. The van der Waals surface area contributed by atoms with Gasteiger partial charge in [-0.2, -0.15) is 11.3 Å². The van der Waals surface area contributed by atoms with Gasteiger partial charge in [0.05, 0.1) is 6.04 Å². The molecule has 0 bridgehead atoms. The van der Waals surface area contributed by atoms with E-state index in [0.717, 1.165) is 24.9 Å². The highest BCUT2D eigenvalue weighted by Gasteiger charge is 2.28. The molecule has 118 valence electrons. The minimum absolute atomic E-state index is 0.0256. The monoisotopic (exact) mass is 326 g/mol. The molecule has 1 atom stereocenters. The van der Waals surface area contributed by atoms with Gasteiger partial charge in [0.1, 0.15) is 0 Å². The zero-order chi connectivity index (χ0) is 16.2. The number of amides is 2. The standard InChI is InChI=1S/C18H18N2O2S/c19-18(22)14-6-3-13(4-7-14)5-8-17(21)20-10-1-2-16(20)15-9-11-23-12-15/h3-9,11-12,16H,1-2,10H2,(H2,19,22). The van der Waals surface area contributed by atoms with Gasteiger partial charge in [0, 0.05) is 18.2 Å². The Morgan fingerprint density at radius 3 is 2.65 bits per heavy atom. The number of hydrogen-bond donors (Lipinski definition) is 1. The number of likely N-dealkylation sites (tertiary alicyclic amines) is 1. The van der Waals surface area contributed by atoms with Crippen LogP contribution in [0.5, 0.6) is 0 Å². The smallest absolute Gasteiger partial charge is 0.248 e. The molecule has 2 amide bonds. The van der Waals surface area contributed by atoms with Crippen molar-refractivity contribution < 1.29 is 9.59 Å². The summed E-state index contributed by atoms with van der Waals surface area (Å²) < 4.78 is 0. The van der Waals surface area contributed by atoms with E-state index >= 15 is 0 Å². The summed E-state index contributed by atoms with van der Waals surface area (Å²) in [5, 5.41) is 4.16. The van der Waals surface area contributed by atoms with E-state index in [1.165, 1.54) is 5.56 Å². The van der Waals surface area contributed by atoms with E-state index < -0.39 is 5.91 Å². The van der Waals surface area contributed by atoms with Gasteiger partial charge in [-0.05, 0) is 59.0 Å². The average Bonchev–Trinajstić information content (AvgIpc) is 3.23. The van der Waals surface area contributed by atoms with E-state index in [0.29, 0.717) is 5.56 Å². The van der Waals surface area contributed by atoms with Gasteiger partial charge in [-0.3, -0.25) is 9.59 Å². The van der Waals surface area contributed by atoms with Gasteiger partial charge in [-0.25, -0.2) is 0 Å². The van der Waals surface area contributed by atoms with Crippen LogP contribution in [-0.2, 0) is 4.79 Å². The van der Waals surface area contributed by atoms with Crippen molar-refractivity contribution in [2.75, 3.05) is 6.54 Å². The maximum atomic E-state index is 12.5. The maximum absolute atomic E-state index is 12.5. The predicted octanol–water partition coefficient (Wildman–Crippen LogP) is 3.22. The molecule has 2 N–H and O–H groups in total. The van der Waals surface area contributed by atoms with E-state index in [2.05, 4.69) is 11.4 Å². The van der Waals surface area contributed by atoms with Crippen LogP contribution < -0.4 is 5.73 Å². The van der Waals surface area contributed by atoms with Crippen LogP contribution in [0.25, 0.3) is 6.08 Å². The van der Waals surface area contributed by atoms with E-state index in [9.17, 15) is 9.59 Å². The van der Waals surface area contributed by atoms with Gasteiger partial charge < -0.3 is 10.6 Å². The minimum atomic E-state index is -0.452. The number of benzene rings is 1. The lowest BCUT2D eigenvalue weighted by atomic mass is 10.1. The Balaban J connectivity index is 1.69. The second-order valence-electron chi connectivity index (χ2n) is 5.57. The van der Waals surface area contributed by atoms with Gasteiger partial charge in [0.2, 0.25) is 11.8 Å². The molecular formula is C18H18N2O2S. The summed E-state index contributed by atoms with van der Waals surface area (Å²) in [5.41, 5.74) is 7.77. The third kappa shape index (κ3) is 3.51. The molecule has 2 aromatic rings. The maximum Gasteiger partial charge on any atom is 0.248 e. The molecule has 1 aromatic heterocycles. The Kier molecular flexibility index (Phi) is 4.57. The topological polar surface area (TPSA) is 63.4 Å². The van der Waals surface area contributed by atoms with Crippen LogP contribution in [-0.4, -0.2) is 23.3 Å². The SMILES string of the molecule is NC(=O)c1ccc(C=CC(=O)N2CCCC2c2ccsc2)cc1. The molecule has 1 saturated heterocycles. The van der Waals surface area contributed by atoms with Crippen LogP contribution in [0.4, 0.5) is 0 Å². The van der Waals surface area contributed by atoms with Crippen molar-refractivity contribution in [1.82, 2.24) is 4.90 Å². The van der Waals surface area contributed by atoms with Crippen LogP contribution in [0.15, 0.2) is 47.2 Å². The molecule has 1 unspecified atom stereocenters. The molecule has 0 saturated carbocycles. The molecule has 0 aliphatic carbocycles. The van der Waals surface area contributed by atoms with Crippen molar-refractivity contribution in [3.63, 3.8) is 0 Å². The Labute approximate surface area is 139 Å². The Bertz CT molecular complexity index is 720. The van der Waals surface area contributed by atoms with Gasteiger partial charge in [-0.15, -0.1) is 0 Å². The summed E-state index contributed by atoms with van der Waals surface area (Å²) in [7, 11) is 0. The lowest BCUT2D eigenvalue weighted by Gasteiger charge is -2.22. The molecule has 4 nitrogen and oxygen atoms in total. The molecular weight excluding hydrogens is 308 g/mol. The molecule has 1 aromatic carbocycles. The first-order valence-electron chi connectivity index (χ1n) is 7.56. The first kappa shape index (κ1) is 15.5. The molecule has 2 heterocycles. The van der Waals surface area contributed by atoms with E-state index in [1.54, 1.807) is 47.8 Å². The molecule has 0 radical (unpaired) electrons. The number of rotatable bonds is 4. The third-order valence-corrected chi connectivity index (χ3v) is 4.78. The van der Waals surface area contributed by atoms with Crippen molar-refractivity contribution in [3.05, 3.63) is 63.9 Å². The highest BCUT2D eigenvalue weighted by Crippen LogP contribution is 2.33. The lowest BCUT2D eigenvalue weighted by Crippen LogP contribution is -2.28. The van der Waals surface area contributed by atoms with Crippen LogP contribution >= 0.6 is 11.3 Å². The molecule has 5 heteroatoms. The fraction of sp³-hybridized carbons (Fsp3) is 0.222. The Hall–Kier alpha value is -2.40. The van der Waals surface area contributed by atoms with Crippen molar-refractivity contribution >= 4 is 29.2 Å². The lowest BCUT2D eigenvalue weighted by molar-refractivity contribution is -0.126. The van der Waals surface area contributed by atoms with Gasteiger partial charge in [-0.1, -0.05) is 12.1 Å². The number of thiophene rings is 1. The Morgan fingerprint density at radius 2 is 2.00 bits per heavy atom. The second kappa shape index (κ2) is 6.79. The van der Waals surface area contributed by atoms with Crippen molar-refractivity contribution in [2.45, 2.75) is 18.9 Å². The quantitative estimate of drug-likeness (QED) is 0.877. The predicted molar refractivity (Wildman–Crippen MR) is 92.0 cm³/mol. The van der Waals surface area contributed by atoms with Crippen molar-refractivity contribution in [3.8, 4) is 0 Å².